The number of hydrogen-bond donors (Lipinski definition) is 1. The molecule has 0 spiro atoms. The topological polar surface area (TPSA) is 142 Å². The number of nitrogens with zero attached hydrogens (tertiary/aromatic N) is 2. The zero-order valence-corrected chi connectivity index (χ0v) is 18.7. The van der Waals surface area contributed by atoms with Crippen LogP contribution in [0.4, 0.5) is 11.4 Å². The van der Waals surface area contributed by atoms with Gasteiger partial charge in [0, 0.05) is 10.4 Å². The predicted octanol–water partition coefficient (Wildman–Crippen LogP) is 3.51. The van der Waals surface area contributed by atoms with Crippen LogP contribution in [0.5, 0.6) is 5.75 Å². The van der Waals surface area contributed by atoms with E-state index in [1.54, 1.807) is 31.2 Å². The van der Waals surface area contributed by atoms with Crippen LogP contribution in [0, 0.1) is 6.92 Å². The van der Waals surface area contributed by atoms with Gasteiger partial charge in [0.1, 0.15) is 15.8 Å². The van der Waals surface area contributed by atoms with Crippen LogP contribution in [0.2, 0.25) is 5.02 Å². The molecule has 0 bridgehead atoms. The summed E-state index contributed by atoms with van der Waals surface area (Å²) in [6.45, 7) is 1.57. The molecule has 8 nitrogen and oxygen atoms in total. The number of halogens is 1. The summed E-state index contributed by atoms with van der Waals surface area (Å²) < 4.78 is 34.5. The molecule has 29 heavy (non-hydrogen) atoms. The maximum absolute atomic E-state index is 12.5. The van der Waals surface area contributed by atoms with E-state index in [-0.39, 0.29) is 54.1 Å². The van der Waals surface area contributed by atoms with Crippen LogP contribution in [0.1, 0.15) is 15.9 Å². The number of hydrogen-bond acceptors (Lipinski definition) is 7. The van der Waals surface area contributed by atoms with Gasteiger partial charge in [0.15, 0.2) is 0 Å². The summed E-state index contributed by atoms with van der Waals surface area (Å²) in [4.78, 5) is 10.7. The van der Waals surface area contributed by atoms with Gasteiger partial charge in [-0.05, 0) is 36.1 Å². The van der Waals surface area contributed by atoms with Gasteiger partial charge < -0.3 is 14.8 Å². The zero-order valence-electron chi connectivity index (χ0n) is 14.9. The monoisotopic (exact) mass is 458 g/mol. The van der Waals surface area contributed by atoms with E-state index in [4.69, 9.17) is 11.6 Å². The minimum Gasteiger partial charge on any atom is -0.870 e. The Hall–Kier alpha value is -1.75. The number of aromatic carboxylic acids is 1. The summed E-state index contributed by atoms with van der Waals surface area (Å²) in [5, 5.41) is 30.1. The molecule has 1 N–H and O–H groups in total. The van der Waals surface area contributed by atoms with Crippen LogP contribution in [-0.2, 0) is 10.1 Å². The largest absolute Gasteiger partial charge is 2.00 e. The third-order valence-corrected chi connectivity index (χ3v) is 5.25. The van der Waals surface area contributed by atoms with Crippen molar-refractivity contribution < 1.29 is 28.0 Å². The van der Waals surface area contributed by atoms with E-state index in [2.05, 4.69) is 10.2 Å². The van der Waals surface area contributed by atoms with Crippen molar-refractivity contribution in [1.29, 1.82) is 0 Å². The minimum absolute atomic E-state index is 0. The molecule has 0 amide bonds. The summed E-state index contributed by atoms with van der Waals surface area (Å²) in [7, 11) is -4.91. The zero-order chi connectivity index (χ0) is 20.6. The molecule has 0 saturated heterocycles. The third-order valence-electron chi connectivity index (χ3n) is 3.97. The molecule has 0 aromatic heterocycles. The first-order valence-corrected chi connectivity index (χ1v) is 9.52. The number of carboxylic acids is 1. The molecule has 0 aliphatic rings. The van der Waals surface area contributed by atoms with E-state index in [9.17, 15) is 28.0 Å². The number of rotatable bonds is 4. The van der Waals surface area contributed by atoms with Crippen molar-refractivity contribution >= 4 is 87.6 Å². The van der Waals surface area contributed by atoms with Gasteiger partial charge in [-0.2, -0.15) is 5.11 Å². The molecule has 144 valence electrons. The van der Waals surface area contributed by atoms with Crippen LogP contribution >= 0.6 is 11.6 Å². The van der Waals surface area contributed by atoms with Crippen LogP contribution in [0.25, 0.3) is 10.8 Å². The second kappa shape index (κ2) is 8.95. The van der Waals surface area contributed by atoms with Crippen molar-refractivity contribution in [3.8, 4) is 5.75 Å². The molecule has 0 fully saturated rings. The number of carbonyl (C=O) groups is 1. The first kappa shape index (κ1) is 23.5. The standard InChI is InChI=1S/C18H13ClN2O6S.Ca/c1-9-6-14(15(8-13(9)19)28(25,26)27)20-21-16-11-5-3-2-4-10(11)7-12(17(16)22)18(23)24;/h2-8,22H,1H3,(H,23,24)(H,25,26,27);/q;+2/p-2. The average molecular weight is 459 g/mol. The number of aryl methyl sites for hydroxylation is 1. The fraction of sp³-hybridized carbons (Fsp3) is 0.0556. The molecule has 0 atom stereocenters. The van der Waals surface area contributed by atoms with Gasteiger partial charge >= 0.3 is 43.7 Å². The Bertz CT molecular complexity index is 1260. The van der Waals surface area contributed by atoms with E-state index in [1.165, 1.54) is 12.1 Å². The Kier molecular flexibility index (Phi) is 7.26. The first-order chi connectivity index (χ1) is 13.1. The molecule has 11 heteroatoms. The van der Waals surface area contributed by atoms with Crippen molar-refractivity contribution in [2.24, 2.45) is 10.2 Å². The van der Waals surface area contributed by atoms with E-state index < -0.39 is 32.3 Å². The molecule has 0 saturated carbocycles. The predicted molar refractivity (Wildman–Crippen MR) is 104 cm³/mol. The van der Waals surface area contributed by atoms with Crippen molar-refractivity contribution in [2.75, 3.05) is 0 Å². The molecule has 0 aliphatic heterocycles. The molecule has 3 aromatic carbocycles. The van der Waals surface area contributed by atoms with Crippen molar-refractivity contribution in [3.05, 3.63) is 58.6 Å². The Balaban J connectivity index is 0.00000300. The van der Waals surface area contributed by atoms with Crippen LogP contribution in [-0.4, -0.2) is 61.8 Å². The van der Waals surface area contributed by atoms with Gasteiger partial charge in [-0.25, -0.2) is 13.2 Å². The Labute approximate surface area is 200 Å². The van der Waals surface area contributed by atoms with Crippen LogP contribution < -0.4 is 5.11 Å². The van der Waals surface area contributed by atoms with Crippen molar-refractivity contribution in [2.45, 2.75) is 11.8 Å². The summed E-state index contributed by atoms with van der Waals surface area (Å²) in [6.07, 6.45) is 0. The Morgan fingerprint density at radius 3 is 2.41 bits per heavy atom. The summed E-state index contributed by atoms with van der Waals surface area (Å²) in [5.41, 5.74) is -0.649. The Morgan fingerprint density at radius 2 is 1.79 bits per heavy atom. The van der Waals surface area contributed by atoms with E-state index in [0.29, 0.717) is 16.3 Å². The van der Waals surface area contributed by atoms with Gasteiger partial charge in [0.05, 0.1) is 16.1 Å². The van der Waals surface area contributed by atoms with Crippen LogP contribution in [0.3, 0.4) is 0 Å². The molecular formula is C18H11CaClN2O6S. The summed E-state index contributed by atoms with van der Waals surface area (Å²) in [5.74, 6) is -2.32. The molecule has 3 aromatic rings. The average Bonchev–Trinajstić information content (AvgIpc) is 2.61. The SMILES string of the molecule is Cc1cc(N=Nc2c([O-])c(C(=O)O)cc3ccccc23)c(S(=O)(=O)[O-])cc1Cl.[Ca+2]. The number of azo groups is 1. The molecule has 0 aliphatic carbocycles. The third kappa shape index (κ3) is 4.88. The quantitative estimate of drug-likeness (QED) is 0.360. The van der Waals surface area contributed by atoms with Crippen molar-refractivity contribution in [1.82, 2.24) is 0 Å². The van der Waals surface area contributed by atoms with Gasteiger partial charge in [0.25, 0.3) is 0 Å². The molecular weight excluding hydrogens is 448 g/mol. The van der Waals surface area contributed by atoms with Crippen molar-refractivity contribution in [3.63, 3.8) is 0 Å². The van der Waals surface area contributed by atoms with Gasteiger partial charge in [-0.15, -0.1) is 5.11 Å². The fourth-order valence-corrected chi connectivity index (χ4v) is 3.44. The van der Waals surface area contributed by atoms with Crippen LogP contribution in [0.15, 0.2) is 57.6 Å². The molecule has 3 rings (SSSR count). The summed E-state index contributed by atoms with van der Waals surface area (Å²) in [6, 6.07) is 9.85. The maximum Gasteiger partial charge on any atom is 2.00 e. The smallest absolute Gasteiger partial charge is 0.870 e. The molecule has 0 unspecified atom stereocenters. The first-order valence-electron chi connectivity index (χ1n) is 7.73. The normalized spacial score (nSPS) is 11.6. The van der Waals surface area contributed by atoms with E-state index >= 15 is 0 Å². The minimum atomic E-state index is -4.91. The number of fused-ring (bicyclic) bond motifs is 1. The van der Waals surface area contributed by atoms with E-state index in [1.807, 2.05) is 0 Å². The number of benzene rings is 3. The fourth-order valence-electron chi connectivity index (χ4n) is 2.60. The molecule has 0 radical (unpaired) electrons. The molecule has 0 heterocycles. The van der Waals surface area contributed by atoms with E-state index in [0.717, 1.165) is 6.07 Å². The van der Waals surface area contributed by atoms with Gasteiger partial charge in [0.2, 0.25) is 0 Å². The second-order valence-corrected chi connectivity index (χ2v) is 7.61. The maximum atomic E-state index is 12.5. The summed E-state index contributed by atoms with van der Waals surface area (Å²) >= 11 is 5.88. The van der Waals surface area contributed by atoms with Gasteiger partial charge in [-0.3, -0.25) is 0 Å². The van der Waals surface area contributed by atoms with Gasteiger partial charge in [-0.1, -0.05) is 41.6 Å². The number of carboxylic acid groups (broad SMARTS) is 1. The second-order valence-electron chi connectivity index (χ2n) is 5.85. The Morgan fingerprint density at radius 1 is 1.14 bits per heavy atom.